The second kappa shape index (κ2) is 18.8. The molecule has 9 aromatic rings. The molecule has 0 spiro atoms. The number of carbonyl (C=O) groups excluding carboxylic acids is 3. The number of benzene rings is 6. The molecule has 6 aromatic carbocycles. The van der Waals surface area contributed by atoms with Crippen molar-refractivity contribution in [3.05, 3.63) is 177 Å². The van der Waals surface area contributed by atoms with Crippen LogP contribution in [0.25, 0.3) is 66.1 Å². The van der Waals surface area contributed by atoms with Crippen molar-refractivity contribution in [2.24, 2.45) is 31.3 Å². The summed E-state index contributed by atoms with van der Waals surface area (Å²) in [7, 11) is 3.28. The van der Waals surface area contributed by atoms with Gasteiger partial charge < -0.3 is 31.3 Å². The third-order valence-corrected chi connectivity index (χ3v) is 11.4. The molecule has 0 unspecified atom stereocenters. The number of hydrogen-bond donors (Lipinski definition) is 4. The van der Waals surface area contributed by atoms with Crippen LogP contribution in [0.4, 0.5) is 35.1 Å². The number of H-pyrrole nitrogens is 1. The van der Waals surface area contributed by atoms with Crippen molar-refractivity contribution in [2.75, 3.05) is 0 Å². The number of primary amides is 3. The predicted molar refractivity (Wildman–Crippen MR) is 245 cm³/mol. The Morgan fingerprint density at radius 1 is 0.543 bits per heavy atom. The number of carbonyl (C=O) groups is 3. The number of nitrogens with one attached hydrogen (secondary N) is 1. The lowest BCUT2D eigenvalue weighted by Crippen LogP contribution is -2.16. The highest BCUT2D eigenvalue weighted by Crippen LogP contribution is 2.37. The summed E-state index contributed by atoms with van der Waals surface area (Å²) in [5, 5.41) is 19.8. The largest absolute Gasteiger partial charge is 0.364 e. The van der Waals surface area contributed by atoms with Gasteiger partial charge in [0.25, 0.3) is 17.7 Å². The van der Waals surface area contributed by atoms with E-state index in [0.717, 1.165) is 24.3 Å². The maximum Gasteiger partial charge on any atom is 0.265 e. The molecule has 3 aromatic heterocycles. The first-order valence-electron chi connectivity index (χ1n) is 20.4. The molecule has 7 N–H and O–H groups in total. The average Bonchev–Trinajstić information content (AvgIpc) is 3.98. The molecule has 0 bridgehead atoms. The van der Waals surface area contributed by atoms with Gasteiger partial charge in [-0.05, 0) is 127 Å². The van der Waals surface area contributed by atoms with E-state index >= 15 is 0 Å². The molecule has 19 heteroatoms. The molecule has 70 heavy (non-hydrogen) atoms. The second-order valence-electron chi connectivity index (χ2n) is 15.9. The highest BCUT2D eigenvalue weighted by molar-refractivity contribution is 6.06. The number of nitrogens with zero attached hydrogens (tertiary/aromatic N) is 4. The molecule has 0 aliphatic heterocycles. The van der Waals surface area contributed by atoms with E-state index in [1.54, 1.807) is 44.6 Å². The monoisotopic (exact) mass is 958 g/mol. The van der Waals surface area contributed by atoms with Crippen LogP contribution < -0.4 is 17.2 Å². The summed E-state index contributed by atoms with van der Waals surface area (Å²) in [6.45, 7) is 3.39. The average molecular weight is 959 g/mol. The normalized spacial score (nSPS) is 10.9. The summed E-state index contributed by atoms with van der Waals surface area (Å²) in [6, 6.07) is 23.3. The first kappa shape index (κ1) is 48.7. The molecule has 9 rings (SSSR count). The number of fused-ring (bicyclic) bond motifs is 3. The molecular formula is C51H34F8N8O3. The van der Waals surface area contributed by atoms with E-state index in [1.807, 2.05) is 12.1 Å². The van der Waals surface area contributed by atoms with Crippen LogP contribution in [0.1, 0.15) is 53.7 Å². The van der Waals surface area contributed by atoms with Gasteiger partial charge in [0.05, 0.1) is 39.8 Å². The summed E-state index contributed by atoms with van der Waals surface area (Å²) >= 11 is 0. The van der Waals surface area contributed by atoms with Crippen molar-refractivity contribution in [3.8, 4) is 45.5 Å². The third-order valence-electron chi connectivity index (χ3n) is 11.4. The van der Waals surface area contributed by atoms with Crippen LogP contribution in [0.2, 0.25) is 0 Å². The highest BCUT2D eigenvalue weighted by Gasteiger charge is 2.22. The van der Waals surface area contributed by atoms with Gasteiger partial charge in [0.2, 0.25) is 0 Å². The Bertz CT molecular complexity index is 3740. The second-order valence-corrected chi connectivity index (χ2v) is 15.9. The van der Waals surface area contributed by atoms with Gasteiger partial charge in [-0.25, -0.2) is 35.1 Å². The number of nitriles is 2. The minimum Gasteiger partial charge on any atom is -0.364 e. The van der Waals surface area contributed by atoms with Gasteiger partial charge in [0.15, 0.2) is 34.9 Å². The summed E-state index contributed by atoms with van der Waals surface area (Å²) in [5.41, 5.74) is 21.5. The van der Waals surface area contributed by atoms with Crippen molar-refractivity contribution in [1.29, 1.82) is 10.5 Å². The lowest BCUT2D eigenvalue weighted by atomic mass is 9.99. The van der Waals surface area contributed by atoms with Crippen LogP contribution >= 0.6 is 0 Å². The fourth-order valence-corrected chi connectivity index (χ4v) is 8.24. The van der Waals surface area contributed by atoms with Gasteiger partial charge in [0.1, 0.15) is 28.7 Å². The number of halogens is 8. The standard InChI is InChI=1S/C18H16F2N2O.C17H10F3N3O.C16H8F3N3O/c1-9-6-11(4-5-15(9)20)14-8-12(19)7-13-10(2)16(18(21)23)22(3)17(13)14;1-23-14(17(22)24)6-10-2-8(7-21)3-11(16(10)23)9-4-12(18)15(20)13(19)5-9;17-11-3-8(4-12(18)14(11)19)10-2-7(6-20)1-9-5-13(16(21)23)22-15(9)10/h4-8H,1-3H3,(H2,21,23);2-6H,1H3,(H2,22,24);1-5,22H,(H2,21,23). The quantitative estimate of drug-likeness (QED) is 0.0947. The van der Waals surface area contributed by atoms with Gasteiger partial charge in [0, 0.05) is 46.9 Å². The molecule has 0 aliphatic carbocycles. The molecule has 0 aliphatic rings. The van der Waals surface area contributed by atoms with E-state index in [4.69, 9.17) is 27.7 Å². The summed E-state index contributed by atoms with van der Waals surface area (Å²) in [4.78, 5) is 37.2. The summed E-state index contributed by atoms with van der Waals surface area (Å²) in [5.74, 6) is -11.2. The molecule has 3 amide bonds. The van der Waals surface area contributed by atoms with E-state index in [0.29, 0.717) is 60.7 Å². The lowest BCUT2D eigenvalue weighted by molar-refractivity contribution is 0.0984. The Hall–Kier alpha value is -9.23. The Kier molecular flexibility index (Phi) is 13.1. The van der Waals surface area contributed by atoms with Crippen molar-refractivity contribution in [1.82, 2.24) is 14.1 Å². The van der Waals surface area contributed by atoms with Crippen LogP contribution in [0, 0.1) is 83.0 Å². The fraction of sp³-hybridized carbons (Fsp3) is 0.0784. The van der Waals surface area contributed by atoms with Crippen LogP contribution in [0.5, 0.6) is 0 Å². The number of nitrogens with two attached hydrogens (primary N) is 3. The number of aromatic nitrogens is 3. The third kappa shape index (κ3) is 8.98. The molecule has 0 saturated carbocycles. The molecule has 3 heterocycles. The lowest BCUT2D eigenvalue weighted by Gasteiger charge is -2.09. The number of aryl methyl sites for hydroxylation is 4. The van der Waals surface area contributed by atoms with Crippen LogP contribution in [-0.4, -0.2) is 31.8 Å². The molecule has 0 fully saturated rings. The van der Waals surface area contributed by atoms with E-state index < -0.39 is 58.4 Å². The minimum absolute atomic E-state index is 0.0290. The molecule has 0 radical (unpaired) electrons. The van der Waals surface area contributed by atoms with Gasteiger partial charge in [-0.15, -0.1) is 0 Å². The van der Waals surface area contributed by atoms with E-state index in [2.05, 4.69) is 4.98 Å². The summed E-state index contributed by atoms with van der Waals surface area (Å²) in [6.07, 6.45) is 0. The van der Waals surface area contributed by atoms with Crippen molar-refractivity contribution < 1.29 is 49.5 Å². The topological polar surface area (TPSA) is 202 Å². The van der Waals surface area contributed by atoms with Gasteiger partial charge >= 0.3 is 0 Å². The molecule has 0 atom stereocenters. The highest BCUT2D eigenvalue weighted by atomic mass is 19.2. The van der Waals surface area contributed by atoms with E-state index in [1.165, 1.54) is 59.2 Å². The number of hydrogen-bond acceptors (Lipinski definition) is 5. The van der Waals surface area contributed by atoms with Crippen molar-refractivity contribution in [2.45, 2.75) is 13.8 Å². The maximum atomic E-state index is 14.1. The van der Waals surface area contributed by atoms with Gasteiger partial charge in [-0.3, -0.25) is 14.4 Å². The van der Waals surface area contributed by atoms with Gasteiger partial charge in [-0.1, -0.05) is 6.07 Å². The zero-order chi connectivity index (χ0) is 51.2. The Balaban J connectivity index is 0.000000155. The summed E-state index contributed by atoms with van der Waals surface area (Å²) < 4.78 is 111. The predicted octanol–water partition coefficient (Wildman–Crippen LogP) is 10.3. The van der Waals surface area contributed by atoms with Gasteiger partial charge in [-0.2, -0.15) is 10.5 Å². The zero-order valence-corrected chi connectivity index (χ0v) is 36.9. The molecule has 0 saturated heterocycles. The number of aromatic amines is 1. The maximum absolute atomic E-state index is 14.1. The Morgan fingerprint density at radius 2 is 1.07 bits per heavy atom. The first-order chi connectivity index (χ1) is 33.0. The molecule has 352 valence electrons. The minimum atomic E-state index is -1.58. The Morgan fingerprint density at radius 3 is 1.59 bits per heavy atom. The van der Waals surface area contributed by atoms with E-state index in [-0.39, 0.29) is 50.6 Å². The Labute approximate surface area is 391 Å². The van der Waals surface area contributed by atoms with Crippen LogP contribution in [-0.2, 0) is 14.1 Å². The zero-order valence-electron chi connectivity index (χ0n) is 36.9. The molecule has 11 nitrogen and oxygen atoms in total. The van der Waals surface area contributed by atoms with Crippen molar-refractivity contribution >= 4 is 50.4 Å². The van der Waals surface area contributed by atoms with Crippen LogP contribution in [0.15, 0.2) is 91.0 Å². The first-order valence-corrected chi connectivity index (χ1v) is 20.4. The smallest absolute Gasteiger partial charge is 0.265 e. The van der Waals surface area contributed by atoms with E-state index in [9.17, 15) is 49.5 Å². The molecular weight excluding hydrogens is 925 g/mol. The van der Waals surface area contributed by atoms with Crippen molar-refractivity contribution in [3.63, 3.8) is 0 Å². The number of rotatable bonds is 6. The fourth-order valence-electron chi connectivity index (χ4n) is 8.24. The number of amides is 3. The van der Waals surface area contributed by atoms with Crippen LogP contribution in [0.3, 0.4) is 0 Å². The SMILES string of the molecule is Cc1cc(-c2cc(F)cc3c(C)c(C(N)=O)n(C)c23)ccc1F.Cn1c(C(N)=O)cc2cc(C#N)cc(-c3cc(F)c(F)c(F)c3)c21.N#Cc1cc(-c2cc(F)c(F)c(F)c2)c2[nH]c(C(N)=O)cc2c1.